The summed E-state index contributed by atoms with van der Waals surface area (Å²) in [6.07, 6.45) is 0. The van der Waals surface area contributed by atoms with Crippen molar-refractivity contribution in [2.24, 2.45) is 0 Å². The normalized spacial score (nSPS) is 15.8. The summed E-state index contributed by atoms with van der Waals surface area (Å²) in [7, 11) is -3.83. The summed E-state index contributed by atoms with van der Waals surface area (Å²) in [5.41, 5.74) is 0.553. The Morgan fingerprint density at radius 2 is 1.60 bits per heavy atom. The molecular formula is C21H22N4O4S. The highest BCUT2D eigenvalue weighted by molar-refractivity contribution is 7.89. The largest absolute Gasteiger partial charge is 0.341 e. The molecule has 1 N–H and O–H groups in total. The van der Waals surface area contributed by atoms with Crippen molar-refractivity contribution in [2.75, 3.05) is 26.2 Å². The van der Waals surface area contributed by atoms with E-state index in [0.717, 1.165) is 0 Å². The molecule has 0 bridgehead atoms. The van der Waals surface area contributed by atoms with Gasteiger partial charge in [0.25, 0.3) is 5.91 Å². The number of piperazine rings is 1. The van der Waals surface area contributed by atoms with Gasteiger partial charge in [0.2, 0.25) is 15.9 Å². The van der Waals surface area contributed by atoms with Gasteiger partial charge in [0.15, 0.2) is 0 Å². The van der Waals surface area contributed by atoms with Crippen molar-refractivity contribution in [1.82, 2.24) is 14.5 Å². The maximum absolute atomic E-state index is 12.9. The zero-order valence-corrected chi connectivity index (χ0v) is 17.3. The fourth-order valence-electron chi connectivity index (χ4n) is 3.28. The summed E-state index contributed by atoms with van der Waals surface area (Å²) >= 11 is 0. The van der Waals surface area contributed by atoms with Crippen molar-refractivity contribution in [2.45, 2.75) is 17.9 Å². The topological polar surface area (TPSA) is 111 Å². The molecule has 0 aromatic heterocycles. The molecule has 1 saturated heterocycles. The van der Waals surface area contributed by atoms with E-state index in [1.807, 2.05) is 6.07 Å². The monoisotopic (exact) mass is 426 g/mol. The molecule has 0 spiro atoms. The van der Waals surface area contributed by atoms with Crippen molar-refractivity contribution >= 4 is 21.8 Å². The Balaban J connectivity index is 1.61. The molecule has 9 heteroatoms. The van der Waals surface area contributed by atoms with Crippen LogP contribution in [0.1, 0.15) is 22.8 Å². The van der Waals surface area contributed by atoms with Gasteiger partial charge in [0.1, 0.15) is 12.1 Å². The molecule has 1 atom stereocenters. The maximum atomic E-state index is 12.9. The average molecular weight is 426 g/mol. The van der Waals surface area contributed by atoms with E-state index in [2.05, 4.69) is 5.32 Å². The number of hydrogen-bond donors (Lipinski definition) is 1. The fourth-order valence-corrected chi connectivity index (χ4v) is 4.84. The second kappa shape index (κ2) is 9.07. The molecule has 1 heterocycles. The van der Waals surface area contributed by atoms with Crippen molar-refractivity contribution in [3.8, 4) is 6.07 Å². The first-order valence-corrected chi connectivity index (χ1v) is 10.9. The van der Waals surface area contributed by atoms with Gasteiger partial charge in [0.05, 0.1) is 10.5 Å². The maximum Gasteiger partial charge on any atom is 0.251 e. The zero-order valence-electron chi connectivity index (χ0n) is 16.5. The van der Waals surface area contributed by atoms with E-state index in [-0.39, 0.29) is 48.5 Å². The number of rotatable bonds is 5. The lowest BCUT2D eigenvalue weighted by molar-refractivity contribution is -0.134. The van der Waals surface area contributed by atoms with Crippen LogP contribution in [0, 0.1) is 11.3 Å². The van der Waals surface area contributed by atoms with E-state index in [9.17, 15) is 23.3 Å². The summed E-state index contributed by atoms with van der Waals surface area (Å²) in [5, 5.41) is 11.9. The van der Waals surface area contributed by atoms with Crippen LogP contribution in [0.25, 0.3) is 0 Å². The lowest BCUT2D eigenvalue weighted by atomic mass is 10.2. The van der Waals surface area contributed by atoms with E-state index in [1.165, 1.54) is 21.3 Å². The number of nitrogens with one attached hydrogen (secondary N) is 1. The van der Waals surface area contributed by atoms with Crippen LogP contribution >= 0.6 is 0 Å². The van der Waals surface area contributed by atoms with E-state index < -0.39 is 16.1 Å². The summed E-state index contributed by atoms with van der Waals surface area (Å²) in [4.78, 5) is 26.4. The van der Waals surface area contributed by atoms with Crippen LogP contribution in [0.15, 0.2) is 59.5 Å². The number of benzene rings is 2. The molecular weight excluding hydrogens is 404 g/mol. The summed E-state index contributed by atoms with van der Waals surface area (Å²) < 4.78 is 27.1. The highest BCUT2D eigenvalue weighted by Crippen LogP contribution is 2.21. The SMILES string of the molecule is C[C@H](NC(=O)c1ccccc1)C(=O)N1CCN(S(=O)(=O)c2ccccc2C#N)CC1. The Bertz CT molecular complexity index is 1070. The van der Waals surface area contributed by atoms with Gasteiger partial charge in [-0.2, -0.15) is 9.57 Å². The molecule has 1 fully saturated rings. The lowest BCUT2D eigenvalue weighted by Gasteiger charge is -2.35. The van der Waals surface area contributed by atoms with Gasteiger partial charge in [0, 0.05) is 31.7 Å². The quantitative estimate of drug-likeness (QED) is 0.773. The number of sulfonamides is 1. The van der Waals surface area contributed by atoms with Gasteiger partial charge < -0.3 is 10.2 Å². The Kier molecular flexibility index (Phi) is 6.50. The van der Waals surface area contributed by atoms with Gasteiger partial charge in [-0.25, -0.2) is 8.42 Å². The molecule has 0 saturated carbocycles. The molecule has 0 radical (unpaired) electrons. The van der Waals surface area contributed by atoms with Gasteiger partial charge in [-0.15, -0.1) is 0 Å². The molecule has 156 valence electrons. The second-order valence-electron chi connectivity index (χ2n) is 6.90. The average Bonchev–Trinajstić information content (AvgIpc) is 2.79. The highest BCUT2D eigenvalue weighted by atomic mass is 32.2. The molecule has 0 unspecified atom stereocenters. The third-order valence-electron chi connectivity index (χ3n) is 4.93. The van der Waals surface area contributed by atoms with Crippen LogP contribution in [-0.4, -0.2) is 61.7 Å². The molecule has 0 aliphatic carbocycles. The second-order valence-corrected chi connectivity index (χ2v) is 8.80. The van der Waals surface area contributed by atoms with Crippen LogP contribution in [0.3, 0.4) is 0 Å². The number of hydrogen-bond acceptors (Lipinski definition) is 5. The minimum atomic E-state index is -3.83. The predicted octanol–water partition coefficient (Wildman–Crippen LogP) is 1.21. The zero-order chi connectivity index (χ0) is 21.7. The third-order valence-corrected chi connectivity index (χ3v) is 6.89. The molecule has 2 aromatic rings. The Labute approximate surface area is 175 Å². The molecule has 1 aliphatic heterocycles. The Morgan fingerprint density at radius 1 is 1.00 bits per heavy atom. The molecule has 30 heavy (non-hydrogen) atoms. The van der Waals surface area contributed by atoms with Crippen molar-refractivity contribution in [3.63, 3.8) is 0 Å². The fraction of sp³-hybridized carbons (Fsp3) is 0.286. The molecule has 1 aliphatic rings. The first-order chi connectivity index (χ1) is 14.3. The first kappa shape index (κ1) is 21.5. The van der Waals surface area contributed by atoms with Crippen LogP contribution in [0.4, 0.5) is 0 Å². The van der Waals surface area contributed by atoms with Crippen molar-refractivity contribution < 1.29 is 18.0 Å². The lowest BCUT2D eigenvalue weighted by Crippen LogP contribution is -2.55. The first-order valence-electron chi connectivity index (χ1n) is 9.48. The van der Waals surface area contributed by atoms with E-state index >= 15 is 0 Å². The summed E-state index contributed by atoms with van der Waals surface area (Å²) in [6, 6.07) is 15.8. The van der Waals surface area contributed by atoms with Crippen LogP contribution in [0.5, 0.6) is 0 Å². The Morgan fingerprint density at radius 3 is 2.23 bits per heavy atom. The molecule has 3 rings (SSSR count). The smallest absolute Gasteiger partial charge is 0.251 e. The van der Waals surface area contributed by atoms with Gasteiger partial charge in [-0.1, -0.05) is 30.3 Å². The summed E-state index contributed by atoms with van der Waals surface area (Å²) in [6.45, 7) is 2.26. The van der Waals surface area contributed by atoms with Gasteiger partial charge in [-0.05, 0) is 31.2 Å². The van der Waals surface area contributed by atoms with Crippen molar-refractivity contribution in [3.05, 3.63) is 65.7 Å². The molecule has 2 aromatic carbocycles. The van der Waals surface area contributed by atoms with E-state index in [4.69, 9.17) is 0 Å². The standard InChI is InChI=1S/C21H22N4O4S/c1-16(23-20(26)17-7-3-2-4-8-17)21(27)24-11-13-25(14-12-24)30(28,29)19-10-6-5-9-18(19)15-22/h2-10,16H,11-14H2,1H3,(H,23,26)/t16-/m0/s1. The van der Waals surface area contributed by atoms with Crippen LogP contribution in [0.2, 0.25) is 0 Å². The highest BCUT2D eigenvalue weighted by Gasteiger charge is 2.33. The number of carbonyl (C=O) groups excluding carboxylic acids is 2. The molecule has 2 amide bonds. The van der Waals surface area contributed by atoms with Crippen LogP contribution in [-0.2, 0) is 14.8 Å². The predicted molar refractivity (Wildman–Crippen MR) is 110 cm³/mol. The number of nitrogens with zero attached hydrogens (tertiary/aromatic N) is 3. The number of carbonyl (C=O) groups is 2. The van der Waals surface area contributed by atoms with E-state index in [1.54, 1.807) is 49.4 Å². The minimum Gasteiger partial charge on any atom is -0.341 e. The number of nitriles is 1. The number of amides is 2. The third kappa shape index (κ3) is 4.50. The van der Waals surface area contributed by atoms with E-state index in [0.29, 0.717) is 5.56 Å². The van der Waals surface area contributed by atoms with Gasteiger partial charge in [-0.3, -0.25) is 9.59 Å². The minimum absolute atomic E-state index is 0.0317. The molecule has 8 nitrogen and oxygen atoms in total. The summed E-state index contributed by atoms with van der Waals surface area (Å²) in [5.74, 6) is -0.612. The van der Waals surface area contributed by atoms with Crippen molar-refractivity contribution in [1.29, 1.82) is 5.26 Å². The van der Waals surface area contributed by atoms with Crippen LogP contribution < -0.4 is 5.32 Å². The van der Waals surface area contributed by atoms with Gasteiger partial charge >= 0.3 is 0 Å². The Hall–Kier alpha value is -3.22.